The Morgan fingerprint density at radius 2 is 2.05 bits per heavy atom. The van der Waals surface area contributed by atoms with Crippen molar-refractivity contribution in [3.05, 3.63) is 35.8 Å². The van der Waals surface area contributed by atoms with Gasteiger partial charge in [0.2, 0.25) is 5.91 Å². The predicted octanol–water partition coefficient (Wildman–Crippen LogP) is 3.12. The number of rotatable bonds is 5. The molecule has 0 saturated heterocycles. The van der Waals surface area contributed by atoms with Gasteiger partial charge in [-0.1, -0.05) is 13.8 Å². The number of aromatic nitrogens is 1. The molecule has 0 aliphatic rings. The van der Waals surface area contributed by atoms with Gasteiger partial charge in [0.1, 0.15) is 5.01 Å². The van der Waals surface area contributed by atoms with Crippen molar-refractivity contribution in [3.8, 4) is 10.6 Å². The standard InChI is InChI=1S/C15H19N3OS/c1-10(2)9-13(16)14(19)18-12-5-3-11(4-6-12)15-17-7-8-20-15/h3-8,10,13H,9,16H2,1-2H3,(H,18,19)/t13-/m0/s1. The predicted molar refractivity (Wildman–Crippen MR) is 83.6 cm³/mol. The molecule has 20 heavy (non-hydrogen) atoms. The van der Waals surface area contributed by atoms with Crippen molar-refractivity contribution in [2.45, 2.75) is 26.3 Å². The van der Waals surface area contributed by atoms with Gasteiger partial charge in [-0.25, -0.2) is 4.98 Å². The molecule has 1 amide bonds. The van der Waals surface area contributed by atoms with E-state index in [1.165, 1.54) is 0 Å². The average Bonchev–Trinajstić information content (AvgIpc) is 2.92. The van der Waals surface area contributed by atoms with Gasteiger partial charge in [-0.05, 0) is 36.6 Å². The highest BCUT2D eigenvalue weighted by atomic mass is 32.1. The first kappa shape index (κ1) is 14.7. The summed E-state index contributed by atoms with van der Waals surface area (Å²) >= 11 is 1.59. The highest BCUT2D eigenvalue weighted by molar-refractivity contribution is 7.13. The molecule has 0 aliphatic heterocycles. The molecular formula is C15H19N3OS. The molecule has 0 bridgehead atoms. The van der Waals surface area contributed by atoms with E-state index in [1.807, 2.05) is 29.6 Å². The van der Waals surface area contributed by atoms with Crippen LogP contribution in [0.1, 0.15) is 20.3 Å². The van der Waals surface area contributed by atoms with E-state index >= 15 is 0 Å². The maximum Gasteiger partial charge on any atom is 0.241 e. The molecule has 2 aromatic rings. The molecule has 0 aliphatic carbocycles. The minimum atomic E-state index is -0.464. The molecule has 106 valence electrons. The molecule has 2 rings (SSSR count). The first-order chi connectivity index (χ1) is 9.56. The van der Waals surface area contributed by atoms with E-state index in [9.17, 15) is 4.79 Å². The molecule has 1 atom stereocenters. The van der Waals surface area contributed by atoms with Crippen molar-refractivity contribution < 1.29 is 4.79 Å². The average molecular weight is 289 g/mol. The van der Waals surface area contributed by atoms with Crippen molar-refractivity contribution in [3.63, 3.8) is 0 Å². The van der Waals surface area contributed by atoms with Crippen LogP contribution in [0.25, 0.3) is 10.6 Å². The number of nitrogens with two attached hydrogens (primary N) is 1. The minimum Gasteiger partial charge on any atom is -0.325 e. The second-order valence-corrected chi connectivity index (χ2v) is 6.03. The van der Waals surface area contributed by atoms with Crippen LogP contribution in [0.4, 0.5) is 5.69 Å². The van der Waals surface area contributed by atoms with Crippen LogP contribution < -0.4 is 11.1 Å². The number of anilines is 1. The number of nitrogens with zero attached hydrogens (tertiary/aromatic N) is 1. The molecule has 0 saturated carbocycles. The molecule has 0 fully saturated rings. The Hall–Kier alpha value is -1.72. The third kappa shape index (κ3) is 3.88. The summed E-state index contributed by atoms with van der Waals surface area (Å²) in [5.74, 6) is 0.267. The number of hydrogen-bond donors (Lipinski definition) is 2. The van der Waals surface area contributed by atoms with E-state index in [-0.39, 0.29) is 5.91 Å². The topological polar surface area (TPSA) is 68.0 Å². The Balaban J connectivity index is 1.99. The summed E-state index contributed by atoms with van der Waals surface area (Å²) in [4.78, 5) is 16.2. The molecule has 0 spiro atoms. The molecule has 3 N–H and O–H groups in total. The zero-order valence-electron chi connectivity index (χ0n) is 11.7. The lowest BCUT2D eigenvalue weighted by Crippen LogP contribution is -2.36. The largest absolute Gasteiger partial charge is 0.325 e. The normalized spacial score (nSPS) is 12.4. The summed E-state index contributed by atoms with van der Waals surface area (Å²) < 4.78 is 0. The molecule has 1 aromatic carbocycles. The number of carbonyl (C=O) groups excluding carboxylic acids is 1. The molecule has 1 heterocycles. The number of carbonyl (C=O) groups is 1. The van der Waals surface area contributed by atoms with E-state index < -0.39 is 6.04 Å². The van der Waals surface area contributed by atoms with Crippen molar-refractivity contribution in [2.24, 2.45) is 11.7 Å². The molecular weight excluding hydrogens is 270 g/mol. The van der Waals surface area contributed by atoms with Crippen molar-refractivity contribution >= 4 is 22.9 Å². The van der Waals surface area contributed by atoms with Crippen LogP contribution in [0.5, 0.6) is 0 Å². The number of hydrogen-bond acceptors (Lipinski definition) is 4. The second-order valence-electron chi connectivity index (χ2n) is 5.14. The van der Waals surface area contributed by atoms with Crippen molar-refractivity contribution in [1.82, 2.24) is 4.98 Å². The van der Waals surface area contributed by atoms with Crippen LogP contribution in [0.3, 0.4) is 0 Å². The van der Waals surface area contributed by atoms with Gasteiger partial charge in [0.25, 0.3) is 0 Å². The third-order valence-electron chi connectivity index (χ3n) is 2.89. The number of benzene rings is 1. The maximum atomic E-state index is 11.9. The van der Waals surface area contributed by atoms with Gasteiger partial charge in [0.15, 0.2) is 0 Å². The molecule has 0 unspecified atom stereocenters. The lowest BCUT2D eigenvalue weighted by Gasteiger charge is -2.14. The van der Waals surface area contributed by atoms with E-state index in [0.29, 0.717) is 12.3 Å². The summed E-state index contributed by atoms with van der Waals surface area (Å²) in [6.07, 6.45) is 2.46. The Morgan fingerprint density at radius 3 is 2.60 bits per heavy atom. The van der Waals surface area contributed by atoms with E-state index in [4.69, 9.17) is 5.73 Å². The number of amides is 1. The summed E-state index contributed by atoms with van der Waals surface area (Å²) in [6.45, 7) is 4.10. The van der Waals surface area contributed by atoms with Gasteiger partial charge >= 0.3 is 0 Å². The first-order valence-electron chi connectivity index (χ1n) is 6.62. The maximum absolute atomic E-state index is 11.9. The highest BCUT2D eigenvalue weighted by Gasteiger charge is 2.15. The van der Waals surface area contributed by atoms with Crippen LogP contribution in [0, 0.1) is 5.92 Å². The van der Waals surface area contributed by atoms with Crippen LogP contribution in [0.15, 0.2) is 35.8 Å². The fourth-order valence-corrected chi connectivity index (χ4v) is 2.56. The van der Waals surface area contributed by atoms with Gasteiger partial charge < -0.3 is 11.1 Å². The quantitative estimate of drug-likeness (QED) is 0.888. The lowest BCUT2D eigenvalue weighted by atomic mass is 10.0. The molecule has 0 radical (unpaired) electrons. The summed E-state index contributed by atoms with van der Waals surface area (Å²) in [6, 6.07) is 7.17. The van der Waals surface area contributed by atoms with Crippen LogP contribution in [-0.4, -0.2) is 16.9 Å². The lowest BCUT2D eigenvalue weighted by molar-refractivity contribution is -0.117. The van der Waals surface area contributed by atoms with Gasteiger partial charge in [-0.2, -0.15) is 0 Å². The number of thiazole rings is 1. The fraction of sp³-hybridized carbons (Fsp3) is 0.333. The Bertz CT molecular complexity index is 549. The van der Waals surface area contributed by atoms with Crippen molar-refractivity contribution in [1.29, 1.82) is 0 Å². The summed E-state index contributed by atoms with van der Waals surface area (Å²) in [5, 5.41) is 5.75. The van der Waals surface area contributed by atoms with Gasteiger partial charge in [0, 0.05) is 22.8 Å². The summed E-state index contributed by atoms with van der Waals surface area (Å²) in [7, 11) is 0. The molecule has 5 heteroatoms. The fourth-order valence-electron chi connectivity index (χ4n) is 1.91. The van der Waals surface area contributed by atoms with Crippen LogP contribution >= 0.6 is 11.3 Å². The van der Waals surface area contributed by atoms with E-state index in [0.717, 1.165) is 16.3 Å². The van der Waals surface area contributed by atoms with Gasteiger partial charge in [-0.3, -0.25) is 4.79 Å². The second kappa shape index (κ2) is 6.63. The Morgan fingerprint density at radius 1 is 1.35 bits per heavy atom. The minimum absolute atomic E-state index is 0.138. The zero-order valence-corrected chi connectivity index (χ0v) is 12.5. The SMILES string of the molecule is CC(C)C[C@H](N)C(=O)Nc1ccc(-c2nccs2)cc1. The van der Waals surface area contributed by atoms with Gasteiger partial charge in [-0.15, -0.1) is 11.3 Å². The Kier molecular flexibility index (Phi) is 4.87. The van der Waals surface area contributed by atoms with E-state index in [1.54, 1.807) is 17.5 Å². The van der Waals surface area contributed by atoms with Gasteiger partial charge in [0.05, 0.1) is 6.04 Å². The first-order valence-corrected chi connectivity index (χ1v) is 7.50. The van der Waals surface area contributed by atoms with Crippen LogP contribution in [0.2, 0.25) is 0 Å². The van der Waals surface area contributed by atoms with E-state index in [2.05, 4.69) is 24.1 Å². The zero-order chi connectivity index (χ0) is 14.5. The summed E-state index contributed by atoms with van der Waals surface area (Å²) in [5.41, 5.74) is 7.66. The molecule has 4 nitrogen and oxygen atoms in total. The highest BCUT2D eigenvalue weighted by Crippen LogP contribution is 2.23. The Labute approximate surface area is 123 Å². The van der Waals surface area contributed by atoms with Crippen molar-refractivity contribution in [2.75, 3.05) is 5.32 Å². The molecule has 1 aromatic heterocycles. The van der Waals surface area contributed by atoms with Crippen LogP contribution in [-0.2, 0) is 4.79 Å². The smallest absolute Gasteiger partial charge is 0.241 e. The third-order valence-corrected chi connectivity index (χ3v) is 3.72. The monoisotopic (exact) mass is 289 g/mol. The number of nitrogens with one attached hydrogen (secondary N) is 1.